The maximum Gasteiger partial charge on any atom is 0.129 e. The lowest BCUT2D eigenvalue weighted by molar-refractivity contribution is 0.255. The van der Waals surface area contributed by atoms with E-state index in [1.54, 1.807) is 12.1 Å². The molecule has 1 aliphatic rings. The van der Waals surface area contributed by atoms with E-state index in [9.17, 15) is 4.39 Å². The van der Waals surface area contributed by atoms with Crippen molar-refractivity contribution < 1.29 is 9.50 Å². The van der Waals surface area contributed by atoms with Crippen LogP contribution in [0, 0.1) is 23.1 Å². The number of aliphatic hydroxyl groups excluding tert-OH is 1. The number of rotatable bonds is 6. The molecule has 0 radical (unpaired) electrons. The summed E-state index contributed by atoms with van der Waals surface area (Å²) < 4.78 is 13.6. The van der Waals surface area contributed by atoms with Gasteiger partial charge in [-0.1, -0.05) is 6.07 Å². The van der Waals surface area contributed by atoms with Gasteiger partial charge < -0.3 is 10.4 Å². The van der Waals surface area contributed by atoms with E-state index in [0.717, 1.165) is 0 Å². The van der Waals surface area contributed by atoms with Crippen molar-refractivity contribution >= 4 is 0 Å². The lowest BCUT2D eigenvalue weighted by Gasteiger charge is -2.17. The van der Waals surface area contributed by atoms with Gasteiger partial charge in [0.1, 0.15) is 5.82 Å². The number of nitriles is 1. The van der Waals surface area contributed by atoms with Crippen molar-refractivity contribution in [2.45, 2.75) is 31.8 Å². The molecule has 1 aliphatic carbocycles. The van der Waals surface area contributed by atoms with Crippen molar-refractivity contribution in [2.75, 3.05) is 6.61 Å². The van der Waals surface area contributed by atoms with Gasteiger partial charge in [0.25, 0.3) is 0 Å². The maximum atomic E-state index is 13.6. The summed E-state index contributed by atoms with van der Waals surface area (Å²) in [5.41, 5.74) is 0.906. The molecule has 2 N–H and O–H groups in total. The van der Waals surface area contributed by atoms with E-state index in [2.05, 4.69) is 5.32 Å². The van der Waals surface area contributed by atoms with E-state index in [4.69, 9.17) is 10.4 Å². The molecule has 1 aromatic rings. The van der Waals surface area contributed by atoms with Crippen LogP contribution in [0.3, 0.4) is 0 Å². The van der Waals surface area contributed by atoms with Crippen LogP contribution < -0.4 is 5.32 Å². The molecule has 1 atom stereocenters. The highest BCUT2D eigenvalue weighted by atomic mass is 19.1. The highest BCUT2D eigenvalue weighted by molar-refractivity contribution is 5.32. The molecule has 1 unspecified atom stereocenters. The highest BCUT2D eigenvalue weighted by Crippen LogP contribution is 2.34. The van der Waals surface area contributed by atoms with Crippen LogP contribution in [0.5, 0.6) is 0 Å². The van der Waals surface area contributed by atoms with E-state index in [1.165, 1.54) is 18.9 Å². The zero-order valence-electron chi connectivity index (χ0n) is 10.2. The summed E-state index contributed by atoms with van der Waals surface area (Å²) >= 11 is 0. The Bertz CT molecular complexity index is 452. The topological polar surface area (TPSA) is 56.0 Å². The fraction of sp³-hybridized carbons (Fsp3) is 0.500. The van der Waals surface area contributed by atoms with Gasteiger partial charge in [-0.05, 0) is 37.3 Å². The van der Waals surface area contributed by atoms with E-state index in [-0.39, 0.29) is 18.5 Å². The minimum atomic E-state index is -0.347. The van der Waals surface area contributed by atoms with Crippen LogP contribution in [-0.4, -0.2) is 17.8 Å². The predicted octanol–water partition coefficient (Wildman–Crippen LogP) is 1.95. The fourth-order valence-electron chi connectivity index (χ4n) is 2.14. The zero-order valence-corrected chi connectivity index (χ0v) is 10.2. The van der Waals surface area contributed by atoms with E-state index in [1.807, 2.05) is 6.07 Å². The zero-order chi connectivity index (χ0) is 13.0. The average molecular weight is 248 g/mol. The van der Waals surface area contributed by atoms with Crippen LogP contribution >= 0.6 is 0 Å². The first kappa shape index (κ1) is 13.0. The van der Waals surface area contributed by atoms with Crippen LogP contribution in [0.4, 0.5) is 4.39 Å². The molecule has 4 heteroatoms. The lowest BCUT2D eigenvalue weighted by atomic mass is 10.1. The molecule has 0 spiro atoms. The molecular weight excluding hydrogens is 231 g/mol. The SMILES string of the molecule is N#Cc1ccc(CNC(CCO)C2CC2)c(F)c1. The summed E-state index contributed by atoms with van der Waals surface area (Å²) in [5, 5.41) is 20.9. The Hall–Kier alpha value is -1.44. The number of nitrogens with one attached hydrogen (secondary N) is 1. The molecule has 1 fully saturated rings. The first-order chi connectivity index (χ1) is 8.74. The molecule has 1 aromatic carbocycles. The van der Waals surface area contributed by atoms with Crippen LogP contribution in [-0.2, 0) is 6.54 Å². The van der Waals surface area contributed by atoms with Crippen molar-refractivity contribution in [1.82, 2.24) is 5.32 Å². The third-order valence-electron chi connectivity index (χ3n) is 3.37. The molecule has 0 aliphatic heterocycles. The Morgan fingerprint density at radius 1 is 1.50 bits per heavy atom. The van der Waals surface area contributed by atoms with Gasteiger partial charge in [-0.2, -0.15) is 5.26 Å². The molecule has 0 saturated heterocycles. The summed E-state index contributed by atoms with van der Waals surface area (Å²) in [4.78, 5) is 0. The molecule has 0 heterocycles. The second kappa shape index (κ2) is 5.94. The molecular formula is C14H17FN2O. The average Bonchev–Trinajstić information content (AvgIpc) is 3.20. The highest BCUT2D eigenvalue weighted by Gasteiger charge is 2.30. The number of nitrogens with zero attached hydrogens (tertiary/aromatic N) is 1. The predicted molar refractivity (Wildman–Crippen MR) is 66.2 cm³/mol. The van der Waals surface area contributed by atoms with Gasteiger partial charge in [0.2, 0.25) is 0 Å². The van der Waals surface area contributed by atoms with Gasteiger partial charge in [-0.15, -0.1) is 0 Å². The van der Waals surface area contributed by atoms with E-state index >= 15 is 0 Å². The molecule has 96 valence electrons. The lowest BCUT2D eigenvalue weighted by Crippen LogP contribution is -2.31. The van der Waals surface area contributed by atoms with Gasteiger partial charge in [-0.3, -0.25) is 0 Å². The Morgan fingerprint density at radius 2 is 2.28 bits per heavy atom. The van der Waals surface area contributed by atoms with Crippen molar-refractivity contribution in [3.8, 4) is 6.07 Å². The molecule has 3 nitrogen and oxygen atoms in total. The Morgan fingerprint density at radius 3 is 2.83 bits per heavy atom. The monoisotopic (exact) mass is 248 g/mol. The van der Waals surface area contributed by atoms with Crippen LogP contribution in [0.25, 0.3) is 0 Å². The summed E-state index contributed by atoms with van der Waals surface area (Å²) in [6, 6.07) is 6.71. The summed E-state index contributed by atoms with van der Waals surface area (Å²) in [7, 11) is 0. The van der Waals surface area contributed by atoms with E-state index in [0.29, 0.717) is 30.0 Å². The Labute approximate surface area is 106 Å². The minimum absolute atomic E-state index is 0.157. The first-order valence-corrected chi connectivity index (χ1v) is 6.27. The normalized spacial score (nSPS) is 16.3. The van der Waals surface area contributed by atoms with Gasteiger partial charge >= 0.3 is 0 Å². The molecule has 0 aromatic heterocycles. The van der Waals surface area contributed by atoms with Crippen molar-refractivity contribution in [3.05, 3.63) is 35.1 Å². The van der Waals surface area contributed by atoms with Gasteiger partial charge in [0, 0.05) is 24.8 Å². The van der Waals surface area contributed by atoms with Crippen LogP contribution in [0.15, 0.2) is 18.2 Å². The van der Waals surface area contributed by atoms with Gasteiger partial charge in [-0.25, -0.2) is 4.39 Å². The van der Waals surface area contributed by atoms with Crippen molar-refractivity contribution in [1.29, 1.82) is 5.26 Å². The second-order valence-corrected chi connectivity index (χ2v) is 4.76. The molecule has 0 bridgehead atoms. The number of benzene rings is 1. The molecule has 0 amide bonds. The van der Waals surface area contributed by atoms with Crippen LogP contribution in [0.2, 0.25) is 0 Å². The first-order valence-electron chi connectivity index (χ1n) is 6.27. The standard InChI is InChI=1S/C14H17FN2O/c15-13-7-10(8-16)1-2-12(13)9-17-14(5-6-18)11-3-4-11/h1-2,7,11,14,17-18H,3-6,9H2. The summed E-state index contributed by atoms with van der Waals surface area (Å²) in [6.45, 7) is 0.600. The Kier molecular flexibility index (Phi) is 4.29. The second-order valence-electron chi connectivity index (χ2n) is 4.76. The quantitative estimate of drug-likeness (QED) is 0.809. The molecule has 1 saturated carbocycles. The van der Waals surface area contributed by atoms with Gasteiger partial charge in [0.15, 0.2) is 0 Å². The largest absolute Gasteiger partial charge is 0.396 e. The third kappa shape index (κ3) is 3.28. The summed E-state index contributed by atoms with van der Waals surface area (Å²) in [5.74, 6) is 0.277. The third-order valence-corrected chi connectivity index (χ3v) is 3.37. The van der Waals surface area contributed by atoms with Gasteiger partial charge in [0.05, 0.1) is 11.6 Å². The molecule has 18 heavy (non-hydrogen) atoms. The molecule has 2 rings (SSSR count). The van der Waals surface area contributed by atoms with E-state index < -0.39 is 0 Å². The summed E-state index contributed by atoms with van der Waals surface area (Å²) in [6.07, 6.45) is 3.09. The van der Waals surface area contributed by atoms with Crippen LogP contribution in [0.1, 0.15) is 30.4 Å². The fourth-order valence-corrected chi connectivity index (χ4v) is 2.14. The Balaban J connectivity index is 1.94. The number of aliphatic hydroxyl groups is 1. The number of hydrogen-bond donors (Lipinski definition) is 2. The van der Waals surface area contributed by atoms with Crippen molar-refractivity contribution in [2.24, 2.45) is 5.92 Å². The smallest absolute Gasteiger partial charge is 0.129 e. The maximum absolute atomic E-state index is 13.6. The number of hydrogen-bond acceptors (Lipinski definition) is 3. The van der Waals surface area contributed by atoms with Crippen molar-refractivity contribution in [3.63, 3.8) is 0 Å². The minimum Gasteiger partial charge on any atom is -0.396 e. The number of halogens is 1.